The van der Waals surface area contributed by atoms with E-state index in [0.29, 0.717) is 28.0 Å². The lowest BCUT2D eigenvalue weighted by Gasteiger charge is -2.06. The number of carbonyl (C=O) groups is 2. The summed E-state index contributed by atoms with van der Waals surface area (Å²) in [6, 6.07) is 10.4. The standard InChI is InChI=1S/C17H17N5O3/c1-2-25-17(24)20-10-12-9-11(7-8-19-12)16(23)22-14-6-4-3-5-13(14)15(18)21-22/h3-9H,2,10H2,1H3,(H2,18,21)(H,20,24). The van der Waals surface area contributed by atoms with Crippen LogP contribution >= 0.6 is 0 Å². The summed E-state index contributed by atoms with van der Waals surface area (Å²) >= 11 is 0. The molecule has 0 aliphatic rings. The van der Waals surface area contributed by atoms with Gasteiger partial charge in [-0.1, -0.05) is 12.1 Å². The van der Waals surface area contributed by atoms with Gasteiger partial charge in [-0.15, -0.1) is 5.10 Å². The number of nitrogen functional groups attached to an aromatic ring is 1. The van der Waals surface area contributed by atoms with E-state index in [2.05, 4.69) is 15.4 Å². The normalized spacial score (nSPS) is 10.6. The Labute approximate surface area is 143 Å². The first-order valence-electron chi connectivity index (χ1n) is 7.73. The van der Waals surface area contributed by atoms with Crippen molar-refractivity contribution in [3.8, 4) is 0 Å². The number of hydrogen-bond acceptors (Lipinski definition) is 6. The Morgan fingerprint density at radius 1 is 1.28 bits per heavy atom. The summed E-state index contributed by atoms with van der Waals surface area (Å²) in [6.07, 6.45) is 0.969. The SMILES string of the molecule is CCOC(=O)NCc1cc(C(=O)n2nc(N)c3ccccc32)ccn1. The lowest BCUT2D eigenvalue weighted by molar-refractivity contribution is 0.0950. The number of carbonyl (C=O) groups excluding carboxylic acids is 2. The second-order valence-electron chi connectivity index (χ2n) is 5.23. The van der Waals surface area contributed by atoms with E-state index < -0.39 is 6.09 Å². The Hall–Kier alpha value is -3.42. The molecule has 0 bridgehead atoms. The molecule has 1 amide bonds. The van der Waals surface area contributed by atoms with E-state index in [1.165, 1.54) is 10.9 Å². The van der Waals surface area contributed by atoms with Gasteiger partial charge in [0.25, 0.3) is 5.91 Å². The molecule has 0 aliphatic carbocycles. The summed E-state index contributed by atoms with van der Waals surface area (Å²) in [5.41, 5.74) is 7.43. The highest BCUT2D eigenvalue weighted by atomic mass is 16.5. The molecule has 2 aromatic heterocycles. The number of pyridine rings is 1. The molecule has 8 heteroatoms. The molecule has 8 nitrogen and oxygen atoms in total. The summed E-state index contributed by atoms with van der Waals surface area (Å²) in [5.74, 6) is -0.0325. The summed E-state index contributed by atoms with van der Waals surface area (Å²) in [4.78, 5) is 28.3. The minimum Gasteiger partial charge on any atom is -0.450 e. The van der Waals surface area contributed by atoms with Gasteiger partial charge in [-0.3, -0.25) is 9.78 Å². The molecule has 0 unspecified atom stereocenters. The molecule has 0 spiro atoms. The molecule has 3 N–H and O–H groups in total. The molecule has 3 rings (SSSR count). The van der Waals surface area contributed by atoms with Crippen molar-refractivity contribution in [1.29, 1.82) is 0 Å². The van der Waals surface area contributed by atoms with Crippen LogP contribution in [-0.2, 0) is 11.3 Å². The molecule has 1 aromatic carbocycles. The fourth-order valence-electron chi connectivity index (χ4n) is 2.42. The quantitative estimate of drug-likeness (QED) is 0.751. The maximum absolute atomic E-state index is 12.8. The van der Waals surface area contributed by atoms with E-state index in [0.717, 1.165) is 0 Å². The van der Waals surface area contributed by atoms with Gasteiger partial charge in [0.2, 0.25) is 0 Å². The Kier molecular flexibility index (Phi) is 4.60. The van der Waals surface area contributed by atoms with Crippen LogP contribution < -0.4 is 11.1 Å². The molecular formula is C17H17N5O3. The van der Waals surface area contributed by atoms with Crippen LogP contribution in [0.2, 0.25) is 0 Å². The van der Waals surface area contributed by atoms with Gasteiger partial charge in [0.15, 0.2) is 5.82 Å². The first-order chi connectivity index (χ1) is 12.1. The van der Waals surface area contributed by atoms with Crippen molar-refractivity contribution in [2.75, 3.05) is 12.3 Å². The van der Waals surface area contributed by atoms with Crippen molar-refractivity contribution < 1.29 is 14.3 Å². The fraction of sp³-hybridized carbons (Fsp3) is 0.176. The van der Waals surface area contributed by atoms with E-state index in [1.54, 1.807) is 25.1 Å². The molecule has 25 heavy (non-hydrogen) atoms. The van der Waals surface area contributed by atoms with Crippen molar-refractivity contribution in [2.24, 2.45) is 0 Å². The number of aromatic nitrogens is 3. The minimum atomic E-state index is -0.535. The Bertz CT molecular complexity index is 935. The molecule has 0 saturated heterocycles. The van der Waals surface area contributed by atoms with E-state index in [1.807, 2.05) is 18.2 Å². The monoisotopic (exact) mass is 339 g/mol. The third-order valence-electron chi connectivity index (χ3n) is 3.56. The fourth-order valence-corrected chi connectivity index (χ4v) is 2.42. The first kappa shape index (κ1) is 16.4. The topological polar surface area (TPSA) is 112 Å². The molecule has 0 saturated carbocycles. The van der Waals surface area contributed by atoms with Crippen LogP contribution in [-0.4, -0.2) is 33.4 Å². The highest BCUT2D eigenvalue weighted by molar-refractivity contribution is 6.03. The lowest BCUT2D eigenvalue weighted by atomic mass is 10.2. The smallest absolute Gasteiger partial charge is 0.407 e. The molecule has 2 heterocycles. The molecule has 0 fully saturated rings. The number of rotatable bonds is 4. The van der Waals surface area contributed by atoms with Gasteiger partial charge in [-0.25, -0.2) is 4.79 Å². The van der Waals surface area contributed by atoms with Crippen LogP contribution in [0.25, 0.3) is 10.9 Å². The van der Waals surface area contributed by atoms with Gasteiger partial charge in [0, 0.05) is 17.1 Å². The van der Waals surface area contributed by atoms with E-state index in [-0.39, 0.29) is 19.1 Å². The summed E-state index contributed by atoms with van der Waals surface area (Å²) in [6.45, 7) is 2.16. The van der Waals surface area contributed by atoms with E-state index in [4.69, 9.17) is 10.5 Å². The minimum absolute atomic E-state index is 0.155. The Balaban J connectivity index is 1.85. The number of fused-ring (bicyclic) bond motifs is 1. The van der Waals surface area contributed by atoms with Gasteiger partial charge >= 0.3 is 6.09 Å². The number of hydrogen-bond donors (Lipinski definition) is 2. The van der Waals surface area contributed by atoms with Crippen molar-refractivity contribution in [1.82, 2.24) is 20.1 Å². The number of nitrogens with zero attached hydrogens (tertiary/aromatic N) is 3. The highest BCUT2D eigenvalue weighted by Crippen LogP contribution is 2.21. The second-order valence-corrected chi connectivity index (χ2v) is 5.23. The number of benzene rings is 1. The third-order valence-corrected chi connectivity index (χ3v) is 3.56. The summed E-state index contributed by atoms with van der Waals surface area (Å²) < 4.78 is 6.06. The number of alkyl carbamates (subject to hydrolysis) is 1. The number of nitrogens with one attached hydrogen (secondary N) is 1. The van der Waals surface area contributed by atoms with Gasteiger partial charge < -0.3 is 15.8 Å². The van der Waals surface area contributed by atoms with Crippen LogP contribution in [0.15, 0.2) is 42.6 Å². The average Bonchev–Trinajstić information content (AvgIpc) is 2.97. The predicted molar refractivity (Wildman–Crippen MR) is 92.0 cm³/mol. The number of para-hydroxylation sites is 1. The zero-order valence-electron chi connectivity index (χ0n) is 13.6. The van der Waals surface area contributed by atoms with Crippen LogP contribution in [0.5, 0.6) is 0 Å². The van der Waals surface area contributed by atoms with E-state index >= 15 is 0 Å². The van der Waals surface area contributed by atoms with Gasteiger partial charge in [0.05, 0.1) is 24.4 Å². The average molecular weight is 339 g/mol. The zero-order valence-corrected chi connectivity index (χ0v) is 13.6. The van der Waals surface area contributed by atoms with Crippen molar-refractivity contribution >= 4 is 28.7 Å². The van der Waals surface area contributed by atoms with Gasteiger partial charge in [-0.2, -0.15) is 4.68 Å². The Morgan fingerprint density at radius 2 is 2.08 bits per heavy atom. The number of amides is 1. The van der Waals surface area contributed by atoms with Crippen LogP contribution in [0.1, 0.15) is 23.0 Å². The maximum Gasteiger partial charge on any atom is 0.407 e. The second kappa shape index (κ2) is 7.00. The predicted octanol–water partition coefficient (Wildman–Crippen LogP) is 1.95. The van der Waals surface area contributed by atoms with Crippen molar-refractivity contribution in [3.63, 3.8) is 0 Å². The maximum atomic E-state index is 12.8. The van der Waals surface area contributed by atoms with Gasteiger partial charge in [-0.05, 0) is 31.2 Å². The van der Waals surface area contributed by atoms with E-state index in [9.17, 15) is 9.59 Å². The lowest BCUT2D eigenvalue weighted by Crippen LogP contribution is -2.24. The molecule has 0 aliphatic heterocycles. The number of anilines is 1. The van der Waals surface area contributed by atoms with Crippen LogP contribution in [0, 0.1) is 0 Å². The Morgan fingerprint density at radius 3 is 2.88 bits per heavy atom. The molecule has 0 radical (unpaired) electrons. The molecular weight excluding hydrogens is 322 g/mol. The van der Waals surface area contributed by atoms with Crippen LogP contribution in [0.4, 0.5) is 10.6 Å². The highest BCUT2D eigenvalue weighted by Gasteiger charge is 2.16. The molecule has 0 atom stereocenters. The van der Waals surface area contributed by atoms with Gasteiger partial charge in [0.1, 0.15) is 0 Å². The molecule has 3 aromatic rings. The van der Waals surface area contributed by atoms with Crippen molar-refractivity contribution in [2.45, 2.75) is 13.5 Å². The first-order valence-corrected chi connectivity index (χ1v) is 7.73. The van der Waals surface area contributed by atoms with Crippen molar-refractivity contribution in [3.05, 3.63) is 53.9 Å². The summed E-state index contributed by atoms with van der Waals surface area (Å²) in [7, 11) is 0. The molecule has 128 valence electrons. The number of ether oxygens (including phenoxy) is 1. The van der Waals surface area contributed by atoms with Crippen LogP contribution in [0.3, 0.4) is 0 Å². The largest absolute Gasteiger partial charge is 0.450 e. The third kappa shape index (κ3) is 3.42. The zero-order chi connectivity index (χ0) is 17.8. The number of nitrogens with two attached hydrogens (primary N) is 1. The summed E-state index contributed by atoms with van der Waals surface area (Å²) in [5, 5.41) is 7.41.